The highest BCUT2D eigenvalue weighted by molar-refractivity contribution is 14.1. The average molecular weight is 360 g/mol. The lowest BCUT2D eigenvalue weighted by Gasteiger charge is -2.00. The molecule has 0 amide bonds. The fraction of sp³-hybridized carbons (Fsp3) is 0.308. The number of likely N-dealkylation sites (N-methyl/N-ethyl adjacent to an activating group) is 1. The molecule has 1 aromatic heterocycles. The standard InChI is InChI=1S/C13H14FIN2O/c1-2-16-6-5-13-17-8-12(18-13)10-4-3-9(14)7-11(10)15/h3-4,7-8,16H,2,5-6H2,1H3. The predicted octanol–water partition coefficient (Wildman–Crippen LogP) is 3.24. The quantitative estimate of drug-likeness (QED) is 0.657. The van der Waals surface area contributed by atoms with Crippen LogP contribution in [-0.2, 0) is 6.42 Å². The maximum atomic E-state index is 13.0. The number of nitrogens with zero attached hydrogens (tertiary/aromatic N) is 1. The zero-order valence-electron chi connectivity index (χ0n) is 10.0. The van der Waals surface area contributed by atoms with Gasteiger partial charge in [-0.05, 0) is 47.3 Å². The molecule has 0 aliphatic carbocycles. The van der Waals surface area contributed by atoms with E-state index in [9.17, 15) is 4.39 Å². The second kappa shape index (κ2) is 6.29. The summed E-state index contributed by atoms with van der Waals surface area (Å²) in [5.41, 5.74) is 0.874. The normalized spacial score (nSPS) is 10.8. The number of halogens is 2. The van der Waals surface area contributed by atoms with Crippen LogP contribution in [0.1, 0.15) is 12.8 Å². The van der Waals surface area contributed by atoms with E-state index in [4.69, 9.17) is 4.42 Å². The van der Waals surface area contributed by atoms with E-state index in [1.54, 1.807) is 12.3 Å². The highest BCUT2D eigenvalue weighted by Crippen LogP contribution is 2.26. The molecule has 0 aliphatic rings. The van der Waals surface area contributed by atoms with Crippen LogP contribution in [0.2, 0.25) is 0 Å². The Kier molecular flexibility index (Phi) is 4.71. The van der Waals surface area contributed by atoms with E-state index in [0.29, 0.717) is 11.7 Å². The summed E-state index contributed by atoms with van der Waals surface area (Å²) in [6.45, 7) is 3.84. The molecular weight excluding hydrogens is 346 g/mol. The van der Waals surface area contributed by atoms with Gasteiger partial charge in [0.15, 0.2) is 11.7 Å². The zero-order valence-corrected chi connectivity index (χ0v) is 12.2. The van der Waals surface area contributed by atoms with Gasteiger partial charge in [0.2, 0.25) is 0 Å². The first-order valence-corrected chi connectivity index (χ1v) is 6.89. The van der Waals surface area contributed by atoms with Gasteiger partial charge in [-0.2, -0.15) is 0 Å². The molecule has 1 N–H and O–H groups in total. The minimum absolute atomic E-state index is 0.241. The Balaban J connectivity index is 2.13. The lowest BCUT2D eigenvalue weighted by Crippen LogP contribution is -2.16. The minimum atomic E-state index is -0.241. The van der Waals surface area contributed by atoms with Gasteiger partial charge < -0.3 is 9.73 Å². The average Bonchev–Trinajstić information content (AvgIpc) is 2.78. The Labute approximate surface area is 119 Å². The van der Waals surface area contributed by atoms with Crippen molar-refractivity contribution in [3.8, 4) is 11.3 Å². The number of oxazole rings is 1. The Bertz CT molecular complexity index is 527. The van der Waals surface area contributed by atoms with Gasteiger partial charge in [-0.3, -0.25) is 0 Å². The number of benzene rings is 1. The van der Waals surface area contributed by atoms with Crippen molar-refractivity contribution in [2.45, 2.75) is 13.3 Å². The summed E-state index contributed by atoms with van der Waals surface area (Å²) in [4.78, 5) is 4.22. The van der Waals surface area contributed by atoms with Crippen LogP contribution in [-0.4, -0.2) is 18.1 Å². The molecule has 5 heteroatoms. The van der Waals surface area contributed by atoms with E-state index >= 15 is 0 Å². The first kappa shape index (κ1) is 13.5. The molecule has 96 valence electrons. The summed E-state index contributed by atoms with van der Waals surface area (Å²) in [5.74, 6) is 1.15. The second-order valence-corrected chi connectivity index (χ2v) is 5.01. The van der Waals surface area contributed by atoms with Crippen LogP contribution in [0.25, 0.3) is 11.3 Å². The maximum Gasteiger partial charge on any atom is 0.196 e. The smallest absolute Gasteiger partial charge is 0.196 e. The van der Waals surface area contributed by atoms with E-state index in [1.165, 1.54) is 12.1 Å². The molecule has 0 saturated heterocycles. The van der Waals surface area contributed by atoms with Crippen molar-refractivity contribution in [3.05, 3.63) is 39.7 Å². The molecular formula is C13H14FIN2O. The number of nitrogens with one attached hydrogen (secondary N) is 1. The summed E-state index contributed by atoms with van der Waals surface area (Å²) in [7, 11) is 0. The lowest BCUT2D eigenvalue weighted by atomic mass is 10.2. The highest BCUT2D eigenvalue weighted by atomic mass is 127. The second-order valence-electron chi connectivity index (χ2n) is 3.85. The third kappa shape index (κ3) is 3.29. The van der Waals surface area contributed by atoms with Crippen molar-refractivity contribution in [1.29, 1.82) is 0 Å². The van der Waals surface area contributed by atoms with Crippen molar-refractivity contribution in [2.75, 3.05) is 13.1 Å². The van der Waals surface area contributed by atoms with E-state index in [2.05, 4.69) is 39.8 Å². The van der Waals surface area contributed by atoms with Gasteiger partial charge in [0.25, 0.3) is 0 Å². The molecule has 1 heterocycles. The third-order valence-corrected chi connectivity index (χ3v) is 3.41. The molecule has 1 aromatic carbocycles. The van der Waals surface area contributed by atoms with Crippen molar-refractivity contribution in [3.63, 3.8) is 0 Å². The van der Waals surface area contributed by atoms with Crippen LogP contribution in [0.3, 0.4) is 0 Å². The van der Waals surface area contributed by atoms with Gasteiger partial charge in [0.1, 0.15) is 5.82 Å². The molecule has 0 fully saturated rings. The van der Waals surface area contributed by atoms with Gasteiger partial charge in [0, 0.05) is 22.1 Å². The van der Waals surface area contributed by atoms with E-state index < -0.39 is 0 Å². The van der Waals surface area contributed by atoms with Crippen LogP contribution in [0, 0.1) is 9.39 Å². The summed E-state index contributed by atoms with van der Waals surface area (Å²) in [6.07, 6.45) is 2.45. The van der Waals surface area contributed by atoms with Crippen LogP contribution < -0.4 is 5.32 Å². The number of hydrogen-bond acceptors (Lipinski definition) is 3. The van der Waals surface area contributed by atoms with Gasteiger partial charge in [-0.25, -0.2) is 9.37 Å². The molecule has 18 heavy (non-hydrogen) atoms. The summed E-state index contributed by atoms with van der Waals surface area (Å²) in [5, 5.41) is 3.21. The fourth-order valence-electron chi connectivity index (χ4n) is 1.61. The van der Waals surface area contributed by atoms with Crippen LogP contribution >= 0.6 is 22.6 Å². The number of aromatic nitrogens is 1. The van der Waals surface area contributed by atoms with Crippen molar-refractivity contribution >= 4 is 22.6 Å². The SMILES string of the molecule is CCNCCc1ncc(-c2ccc(F)cc2I)o1. The molecule has 0 unspecified atom stereocenters. The van der Waals surface area contributed by atoms with Gasteiger partial charge >= 0.3 is 0 Å². The lowest BCUT2D eigenvalue weighted by molar-refractivity contribution is 0.497. The number of rotatable bonds is 5. The van der Waals surface area contributed by atoms with Crippen LogP contribution in [0.5, 0.6) is 0 Å². The molecule has 0 atom stereocenters. The predicted molar refractivity (Wildman–Crippen MR) is 76.9 cm³/mol. The van der Waals surface area contributed by atoms with Crippen molar-refractivity contribution in [2.24, 2.45) is 0 Å². The zero-order chi connectivity index (χ0) is 13.0. The molecule has 0 radical (unpaired) electrons. The fourth-order valence-corrected chi connectivity index (χ4v) is 2.35. The van der Waals surface area contributed by atoms with Crippen LogP contribution in [0.4, 0.5) is 4.39 Å². The molecule has 0 bridgehead atoms. The monoisotopic (exact) mass is 360 g/mol. The topological polar surface area (TPSA) is 38.1 Å². The molecule has 0 saturated carbocycles. The van der Waals surface area contributed by atoms with Gasteiger partial charge in [0.05, 0.1) is 6.20 Å². The van der Waals surface area contributed by atoms with E-state index in [1.807, 2.05) is 0 Å². The number of hydrogen-bond donors (Lipinski definition) is 1. The van der Waals surface area contributed by atoms with E-state index in [-0.39, 0.29) is 5.82 Å². The van der Waals surface area contributed by atoms with Gasteiger partial charge in [-0.1, -0.05) is 6.92 Å². The summed E-state index contributed by atoms with van der Waals surface area (Å²) < 4.78 is 19.5. The third-order valence-electron chi connectivity index (χ3n) is 2.52. The van der Waals surface area contributed by atoms with Gasteiger partial charge in [-0.15, -0.1) is 0 Å². The van der Waals surface area contributed by atoms with Crippen molar-refractivity contribution < 1.29 is 8.81 Å². The van der Waals surface area contributed by atoms with Crippen molar-refractivity contribution in [1.82, 2.24) is 10.3 Å². The maximum absolute atomic E-state index is 13.0. The van der Waals surface area contributed by atoms with Crippen LogP contribution in [0.15, 0.2) is 28.8 Å². The molecule has 0 spiro atoms. The Morgan fingerprint density at radius 1 is 1.44 bits per heavy atom. The molecule has 0 aliphatic heterocycles. The Morgan fingerprint density at radius 2 is 2.28 bits per heavy atom. The molecule has 2 rings (SSSR count). The Hall–Kier alpha value is -0.950. The minimum Gasteiger partial charge on any atom is -0.441 e. The largest absolute Gasteiger partial charge is 0.441 e. The Morgan fingerprint density at radius 3 is 3.00 bits per heavy atom. The van der Waals surface area contributed by atoms with E-state index in [0.717, 1.165) is 28.6 Å². The summed E-state index contributed by atoms with van der Waals surface area (Å²) >= 11 is 2.09. The first-order valence-electron chi connectivity index (χ1n) is 5.81. The molecule has 3 nitrogen and oxygen atoms in total. The first-order chi connectivity index (χ1) is 8.70. The molecule has 2 aromatic rings. The highest BCUT2D eigenvalue weighted by Gasteiger charge is 2.10. The summed E-state index contributed by atoms with van der Waals surface area (Å²) in [6, 6.07) is 4.63.